The van der Waals surface area contributed by atoms with Gasteiger partial charge in [-0.3, -0.25) is 4.98 Å². The molecule has 0 fully saturated rings. The molecule has 0 spiro atoms. The Bertz CT molecular complexity index is 1750. The number of nitrogen functional groups attached to an aromatic ring is 1. The SMILES string of the molecule is CC(C)(C)c1ccc(O)cc1.CCC.CN.Cc1c(-c2ccccn2)ccc2c1NC(/C=C\C(=S)c1ccccc1N)CC1=C2C=CCC1. The summed E-state index contributed by atoms with van der Waals surface area (Å²) in [6.07, 6.45) is 15.0. The molecule has 6 N–H and O–H groups in total. The molecule has 6 rings (SSSR count). The van der Waals surface area contributed by atoms with Crippen molar-refractivity contribution in [3.05, 3.63) is 137 Å². The van der Waals surface area contributed by atoms with Crippen molar-refractivity contribution in [3.8, 4) is 17.0 Å². The van der Waals surface area contributed by atoms with Gasteiger partial charge in [-0.15, -0.1) is 0 Å². The van der Waals surface area contributed by atoms with Gasteiger partial charge in [-0.1, -0.05) is 126 Å². The first kappa shape index (κ1) is 38.9. The Morgan fingerprint density at radius 1 is 0.959 bits per heavy atom. The summed E-state index contributed by atoms with van der Waals surface area (Å²) in [6.45, 7) is 12.9. The molecule has 0 saturated carbocycles. The van der Waals surface area contributed by atoms with Gasteiger partial charge >= 0.3 is 0 Å². The van der Waals surface area contributed by atoms with Gasteiger partial charge in [0.1, 0.15) is 5.75 Å². The molecule has 49 heavy (non-hydrogen) atoms. The lowest BCUT2D eigenvalue weighted by molar-refractivity contribution is 0.474. The number of aromatic hydroxyl groups is 1. The van der Waals surface area contributed by atoms with E-state index in [9.17, 15) is 0 Å². The van der Waals surface area contributed by atoms with Crippen molar-refractivity contribution in [2.24, 2.45) is 5.73 Å². The zero-order valence-electron chi connectivity index (χ0n) is 30.3. The zero-order chi connectivity index (χ0) is 36.0. The average molecular weight is 675 g/mol. The molecule has 4 aromatic rings. The van der Waals surface area contributed by atoms with E-state index in [4.69, 9.17) is 23.1 Å². The third-order valence-electron chi connectivity index (χ3n) is 8.21. The molecular weight excluding hydrogens is 621 g/mol. The summed E-state index contributed by atoms with van der Waals surface area (Å²) >= 11 is 5.69. The van der Waals surface area contributed by atoms with Gasteiger partial charge < -0.3 is 21.9 Å². The van der Waals surface area contributed by atoms with Crippen molar-refractivity contribution >= 4 is 34.0 Å². The number of aromatic nitrogens is 1. The van der Waals surface area contributed by atoms with Crippen LogP contribution in [0.15, 0.2) is 115 Å². The lowest BCUT2D eigenvalue weighted by Crippen LogP contribution is -2.18. The van der Waals surface area contributed by atoms with E-state index in [0.29, 0.717) is 11.4 Å². The van der Waals surface area contributed by atoms with Crippen LogP contribution in [0.5, 0.6) is 5.75 Å². The van der Waals surface area contributed by atoms with Crippen molar-refractivity contribution < 1.29 is 5.11 Å². The maximum Gasteiger partial charge on any atom is 0.115 e. The number of nitrogens with one attached hydrogen (secondary N) is 1. The molecule has 0 amide bonds. The van der Waals surface area contributed by atoms with E-state index in [1.165, 1.54) is 47.0 Å². The molecule has 2 aliphatic rings. The first-order valence-corrected chi connectivity index (χ1v) is 17.6. The number of fused-ring (bicyclic) bond motifs is 2. The largest absolute Gasteiger partial charge is 0.508 e. The molecule has 0 bridgehead atoms. The Kier molecular flexibility index (Phi) is 15.0. The summed E-state index contributed by atoms with van der Waals surface area (Å²) in [4.78, 5) is 5.35. The summed E-state index contributed by atoms with van der Waals surface area (Å²) < 4.78 is 0. The van der Waals surface area contributed by atoms with Crippen LogP contribution >= 0.6 is 12.2 Å². The molecular formula is C43H54N4OS. The number of pyridine rings is 1. The summed E-state index contributed by atoms with van der Waals surface area (Å²) in [5.74, 6) is 0.331. The number of allylic oxidation sites excluding steroid dienone is 4. The molecule has 1 atom stereocenters. The molecule has 3 aromatic carbocycles. The minimum atomic E-state index is 0.142. The predicted molar refractivity (Wildman–Crippen MR) is 216 cm³/mol. The summed E-state index contributed by atoms with van der Waals surface area (Å²) in [5, 5.41) is 12.9. The quantitative estimate of drug-likeness (QED) is 0.0744. The lowest BCUT2D eigenvalue weighted by atomic mass is 9.87. The molecule has 6 heteroatoms. The molecule has 1 aromatic heterocycles. The minimum Gasteiger partial charge on any atom is -0.508 e. The first-order valence-electron chi connectivity index (χ1n) is 17.2. The van der Waals surface area contributed by atoms with Crippen LogP contribution in [-0.4, -0.2) is 28.0 Å². The number of para-hydroxylation sites is 1. The van der Waals surface area contributed by atoms with E-state index < -0.39 is 0 Å². The van der Waals surface area contributed by atoms with Gasteiger partial charge in [0.25, 0.3) is 0 Å². The maximum absolute atomic E-state index is 9.02. The number of rotatable bonds is 4. The number of phenols is 1. The average Bonchev–Trinajstić information content (AvgIpc) is 3.26. The highest BCUT2D eigenvalue weighted by molar-refractivity contribution is 7.81. The number of thiocarbonyl (C=S) groups is 1. The van der Waals surface area contributed by atoms with Gasteiger partial charge in [0.15, 0.2) is 0 Å². The van der Waals surface area contributed by atoms with Crippen molar-refractivity contribution in [3.63, 3.8) is 0 Å². The van der Waals surface area contributed by atoms with Crippen molar-refractivity contribution in [1.29, 1.82) is 0 Å². The molecule has 0 radical (unpaired) electrons. The van der Waals surface area contributed by atoms with Crippen LogP contribution in [0.3, 0.4) is 0 Å². The van der Waals surface area contributed by atoms with Gasteiger partial charge in [0, 0.05) is 45.2 Å². The molecule has 1 aliphatic carbocycles. The number of phenolic OH excluding ortho intramolecular Hbond substituents is 1. The monoisotopic (exact) mass is 674 g/mol. The van der Waals surface area contributed by atoms with E-state index in [1.54, 1.807) is 12.1 Å². The smallest absolute Gasteiger partial charge is 0.115 e. The number of nitrogens with two attached hydrogens (primary N) is 2. The molecule has 258 valence electrons. The topological polar surface area (TPSA) is 97.2 Å². The molecule has 5 nitrogen and oxygen atoms in total. The molecule has 0 saturated heterocycles. The summed E-state index contributed by atoms with van der Waals surface area (Å²) in [7, 11) is 1.50. The molecule has 1 unspecified atom stereocenters. The van der Waals surface area contributed by atoms with E-state index in [1.807, 2.05) is 60.8 Å². The van der Waals surface area contributed by atoms with Crippen LogP contribution in [0, 0.1) is 6.92 Å². The Morgan fingerprint density at radius 2 is 1.61 bits per heavy atom. The Hall–Kier alpha value is -4.52. The van der Waals surface area contributed by atoms with E-state index in [0.717, 1.165) is 40.9 Å². The van der Waals surface area contributed by atoms with Crippen molar-refractivity contribution in [2.75, 3.05) is 18.1 Å². The molecule has 1 aliphatic heterocycles. The number of hydrogen-bond acceptors (Lipinski definition) is 6. The fourth-order valence-electron chi connectivity index (χ4n) is 5.72. The van der Waals surface area contributed by atoms with Crippen LogP contribution in [0.4, 0.5) is 11.4 Å². The van der Waals surface area contributed by atoms with Crippen LogP contribution in [0.2, 0.25) is 0 Å². The summed E-state index contributed by atoms with van der Waals surface area (Å²) in [5.41, 5.74) is 22.3. The lowest BCUT2D eigenvalue weighted by Gasteiger charge is -2.20. The second-order valence-electron chi connectivity index (χ2n) is 13.1. The number of benzene rings is 3. The van der Waals surface area contributed by atoms with E-state index in [-0.39, 0.29) is 11.5 Å². The highest BCUT2D eigenvalue weighted by atomic mass is 32.1. The van der Waals surface area contributed by atoms with E-state index in [2.05, 4.69) is 94.0 Å². The van der Waals surface area contributed by atoms with Crippen molar-refractivity contribution in [2.45, 2.75) is 78.7 Å². The second-order valence-corrected chi connectivity index (χ2v) is 13.5. The maximum atomic E-state index is 9.02. The Morgan fingerprint density at radius 3 is 2.24 bits per heavy atom. The number of nitrogens with zero attached hydrogens (tertiary/aromatic N) is 1. The third kappa shape index (κ3) is 10.7. The van der Waals surface area contributed by atoms with Crippen molar-refractivity contribution in [1.82, 2.24) is 4.98 Å². The van der Waals surface area contributed by atoms with Crippen LogP contribution in [-0.2, 0) is 5.41 Å². The van der Waals surface area contributed by atoms with Gasteiger partial charge in [0.2, 0.25) is 0 Å². The Balaban J connectivity index is 0.000000340. The third-order valence-corrected chi connectivity index (χ3v) is 8.57. The number of anilines is 2. The van der Waals surface area contributed by atoms with Gasteiger partial charge in [-0.05, 0) is 91.8 Å². The zero-order valence-corrected chi connectivity index (χ0v) is 31.1. The van der Waals surface area contributed by atoms with Gasteiger partial charge in [0.05, 0.1) is 5.69 Å². The first-order chi connectivity index (χ1) is 23.5. The molecule has 2 heterocycles. The highest BCUT2D eigenvalue weighted by Crippen LogP contribution is 2.42. The van der Waals surface area contributed by atoms with Crippen LogP contribution in [0.1, 0.15) is 82.6 Å². The van der Waals surface area contributed by atoms with Crippen LogP contribution in [0.25, 0.3) is 16.8 Å². The predicted octanol–water partition coefficient (Wildman–Crippen LogP) is 10.6. The fourth-order valence-corrected chi connectivity index (χ4v) is 5.98. The second kappa shape index (κ2) is 18.9. The number of hydrogen-bond donors (Lipinski definition) is 4. The minimum absolute atomic E-state index is 0.142. The Labute approximate surface area is 299 Å². The van der Waals surface area contributed by atoms with Gasteiger partial charge in [-0.25, -0.2) is 0 Å². The van der Waals surface area contributed by atoms with E-state index >= 15 is 0 Å². The summed E-state index contributed by atoms with van der Waals surface area (Å²) in [6, 6.07) is 25.8. The fraction of sp³-hybridized carbons (Fsp3) is 0.302. The normalized spacial score (nSPS) is 14.7. The highest BCUT2D eigenvalue weighted by Gasteiger charge is 2.24. The standard InChI is InChI=1S/C29H27N3S.C10H14O.C3H8.CH5N/c1-19-22(27-12-6-7-17-31-27)14-15-24-23-9-3-2-8-20(23)18-21(32-29(19)24)13-16-28(33)25-10-4-5-11-26(25)30;1-10(2,3)8-4-6-9(11)7-5-8;1-3-2;1-2/h3-7,9-17,21,32H,2,8,18,30H2,1H3;4-7,11H,1-3H3;3H2,1-2H3;2H2,1H3/b16-13-;;;. The van der Waals surface area contributed by atoms with Gasteiger partial charge in [-0.2, -0.15) is 0 Å². The van der Waals surface area contributed by atoms with Crippen LogP contribution < -0.4 is 16.8 Å².